The first kappa shape index (κ1) is 17.9. The van der Waals surface area contributed by atoms with Crippen LogP contribution in [0.1, 0.15) is 33.3 Å². The molecule has 1 atom stereocenters. The van der Waals surface area contributed by atoms with Crippen LogP contribution in [-0.2, 0) is 6.18 Å². The van der Waals surface area contributed by atoms with Crippen LogP contribution in [-0.4, -0.2) is 26.9 Å². The third kappa shape index (κ3) is 3.85. The first-order chi connectivity index (χ1) is 12.2. The Morgan fingerprint density at radius 2 is 2.04 bits per heavy atom. The molecular weight excluding hydrogens is 347 g/mol. The molecule has 0 unspecified atom stereocenters. The molecule has 1 amide bonds. The fourth-order valence-electron chi connectivity index (χ4n) is 2.58. The molecule has 0 aliphatic carbocycles. The number of hydrogen-bond donors (Lipinski definition) is 2. The predicted octanol–water partition coefficient (Wildman–Crippen LogP) is 3.12. The third-order valence-electron chi connectivity index (χ3n) is 3.89. The summed E-state index contributed by atoms with van der Waals surface area (Å²) in [6.45, 7) is 1.62. The molecule has 0 aliphatic heterocycles. The van der Waals surface area contributed by atoms with Gasteiger partial charge < -0.3 is 14.8 Å². The van der Waals surface area contributed by atoms with E-state index < -0.39 is 23.8 Å². The molecule has 5 nitrogen and oxygen atoms in total. The lowest BCUT2D eigenvalue weighted by Crippen LogP contribution is -2.28. The number of rotatable bonds is 4. The minimum absolute atomic E-state index is 0.0841. The molecule has 2 N–H and O–H groups in total. The van der Waals surface area contributed by atoms with Crippen LogP contribution >= 0.6 is 0 Å². The number of carbonyl (C=O) groups is 1. The topological polar surface area (TPSA) is 66.6 Å². The number of alkyl halides is 3. The number of nitrogens with zero attached hydrogens (tertiary/aromatic N) is 2. The highest BCUT2D eigenvalue weighted by Crippen LogP contribution is 2.30. The van der Waals surface area contributed by atoms with E-state index in [2.05, 4.69) is 10.3 Å². The molecule has 8 heteroatoms. The van der Waals surface area contributed by atoms with Crippen LogP contribution in [0.5, 0.6) is 0 Å². The van der Waals surface area contributed by atoms with Gasteiger partial charge in [0.05, 0.1) is 22.9 Å². The Morgan fingerprint density at radius 3 is 2.77 bits per heavy atom. The molecule has 0 saturated heterocycles. The van der Waals surface area contributed by atoms with Gasteiger partial charge in [0.2, 0.25) is 0 Å². The maximum atomic E-state index is 12.7. The highest BCUT2D eigenvalue weighted by molar-refractivity contribution is 5.94. The summed E-state index contributed by atoms with van der Waals surface area (Å²) in [5.74, 6) is -0.440. The van der Waals surface area contributed by atoms with Gasteiger partial charge in [-0.05, 0) is 36.8 Å². The van der Waals surface area contributed by atoms with Crippen molar-refractivity contribution in [3.05, 3.63) is 71.2 Å². The van der Waals surface area contributed by atoms with Gasteiger partial charge in [-0.25, -0.2) is 4.98 Å². The molecule has 136 valence electrons. The summed E-state index contributed by atoms with van der Waals surface area (Å²) in [4.78, 5) is 16.5. The molecule has 0 bridgehead atoms. The van der Waals surface area contributed by atoms with E-state index in [1.165, 1.54) is 12.1 Å². The Hall–Kier alpha value is -2.87. The van der Waals surface area contributed by atoms with Crippen molar-refractivity contribution in [2.45, 2.75) is 19.2 Å². The lowest BCUT2D eigenvalue weighted by molar-refractivity contribution is -0.137. The molecule has 2 aromatic heterocycles. The monoisotopic (exact) mass is 363 g/mol. The minimum Gasteiger partial charge on any atom is -0.387 e. The second kappa shape index (κ2) is 6.80. The van der Waals surface area contributed by atoms with Crippen molar-refractivity contribution in [1.29, 1.82) is 0 Å². The van der Waals surface area contributed by atoms with Gasteiger partial charge in [-0.15, -0.1) is 0 Å². The number of halogens is 3. The van der Waals surface area contributed by atoms with Crippen LogP contribution in [0.3, 0.4) is 0 Å². The predicted molar refractivity (Wildman–Crippen MR) is 88.7 cm³/mol. The van der Waals surface area contributed by atoms with Crippen molar-refractivity contribution >= 4 is 11.6 Å². The molecule has 0 aliphatic rings. The van der Waals surface area contributed by atoms with E-state index >= 15 is 0 Å². The molecule has 0 saturated carbocycles. The quantitative estimate of drug-likeness (QED) is 0.748. The third-order valence-corrected chi connectivity index (χ3v) is 3.89. The number of pyridine rings is 1. The number of aliphatic hydroxyl groups is 1. The largest absolute Gasteiger partial charge is 0.416 e. The second-order valence-corrected chi connectivity index (χ2v) is 5.91. The number of aliphatic hydroxyl groups excluding tert-OH is 1. The van der Waals surface area contributed by atoms with Gasteiger partial charge in [0.25, 0.3) is 5.91 Å². The van der Waals surface area contributed by atoms with E-state index in [-0.39, 0.29) is 12.1 Å². The number of carbonyl (C=O) groups excluding carboxylic acids is 1. The summed E-state index contributed by atoms with van der Waals surface area (Å²) < 4.78 is 39.9. The molecule has 26 heavy (non-hydrogen) atoms. The highest BCUT2D eigenvalue weighted by atomic mass is 19.4. The lowest BCUT2D eigenvalue weighted by atomic mass is 10.1. The average Bonchev–Trinajstić information content (AvgIpc) is 2.97. The summed E-state index contributed by atoms with van der Waals surface area (Å²) >= 11 is 0. The first-order valence-corrected chi connectivity index (χ1v) is 7.83. The van der Waals surface area contributed by atoms with Gasteiger partial charge in [0, 0.05) is 18.9 Å². The summed E-state index contributed by atoms with van der Waals surface area (Å²) in [6.07, 6.45) is -2.37. The number of aryl methyl sites for hydroxylation is 1. The molecule has 0 spiro atoms. The normalized spacial score (nSPS) is 13.0. The Labute approximate surface area is 147 Å². The van der Waals surface area contributed by atoms with E-state index in [4.69, 9.17) is 0 Å². The van der Waals surface area contributed by atoms with Gasteiger partial charge in [-0.2, -0.15) is 13.2 Å². The lowest BCUT2D eigenvalue weighted by Gasteiger charge is -2.14. The maximum Gasteiger partial charge on any atom is 0.416 e. The zero-order valence-electron chi connectivity index (χ0n) is 13.8. The van der Waals surface area contributed by atoms with Crippen molar-refractivity contribution in [3.63, 3.8) is 0 Å². The fraction of sp³-hybridized carbons (Fsp3) is 0.222. The van der Waals surface area contributed by atoms with Crippen molar-refractivity contribution in [3.8, 4) is 0 Å². The summed E-state index contributed by atoms with van der Waals surface area (Å²) in [5, 5.41) is 12.6. The van der Waals surface area contributed by atoms with Gasteiger partial charge in [0.1, 0.15) is 5.65 Å². The summed E-state index contributed by atoms with van der Waals surface area (Å²) in [5.41, 5.74) is 1.10. The van der Waals surface area contributed by atoms with Crippen LogP contribution in [0.15, 0.2) is 48.8 Å². The minimum atomic E-state index is -4.49. The van der Waals surface area contributed by atoms with E-state index in [1.54, 1.807) is 28.9 Å². The fourth-order valence-corrected chi connectivity index (χ4v) is 2.58. The Balaban J connectivity index is 1.68. The van der Waals surface area contributed by atoms with Crippen molar-refractivity contribution in [2.75, 3.05) is 6.54 Å². The SMILES string of the molecule is Cc1cn2cc(C(=O)NC[C@H](O)c3cccc(C(F)(F)F)c3)ccc2n1. The van der Waals surface area contributed by atoms with Crippen LogP contribution < -0.4 is 5.32 Å². The van der Waals surface area contributed by atoms with E-state index in [1.807, 2.05) is 6.92 Å². The van der Waals surface area contributed by atoms with Gasteiger partial charge >= 0.3 is 6.18 Å². The highest BCUT2D eigenvalue weighted by Gasteiger charge is 2.30. The maximum absolute atomic E-state index is 12.7. The number of hydrogen-bond acceptors (Lipinski definition) is 3. The zero-order valence-corrected chi connectivity index (χ0v) is 13.8. The van der Waals surface area contributed by atoms with Gasteiger partial charge in [-0.1, -0.05) is 12.1 Å². The average molecular weight is 363 g/mol. The molecule has 0 radical (unpaired) electrons. The standard InChI is InChI=1S/C18H16F3N3O2/c1-11-9-24-10-13(5-6-16(24)23-11)17(26)22-8-15(25)12-3-2-4-14(7-12)18(19,20)21/h2-7,9-10,15,25H,8H2,1H3,(H,22,26)/t15-/m0/s1. The van der Waals surface area contributed by atoms with Crippen molar-refractivity contribution in [1.82, 2.24) is 14.7 Å². The Kier molecular flexibility index (Phi) is 4.69. The van der Waals surface area contributed by atoms with Crippen LogP contribution in [0.2, 0.25) is 0 Å². The molecule has 1 aromatic carbocycles. The summed E-state index contributed by atoms with van der Waals surface area (Å²) in [7, 11) is 0. The number of imidazole rings is 1. The van der Waals surface area contributed by atoms with Crippen LogP contribution in [0.4, 0.5) is 13.2 Å². The van der Waals surface area contributed by atoms with Crippen molar-refractivity contribution in [2.24, 2.45) is 0 Å². The number of fused-ring (bicyclic) bond motifs is 1. The van der Waals surface area contributed by atoms with Crippen LogP contribution in [0, 0.1) is 6.92 Å². The van der Waals surface area contributed by atoms with E-state index in [0.29, 0.717) is 11.2 Å². The number of nitrogens with one attached hydrogen (secondary N) is 1. The number of aromatic nitrogens is 2. The zero-order chi connectivity index (χ0) is 18.9. The van der Waals surface area contributed by atoms with Crippen LogP contribution in [0.25, 0.3) is 5.65 Å². The van der Waals surface area contributed by atoms with Gasteiger partial charge in [-0.3, -0.25) is 4.79 Å². The second-order valence-electron chi connectivity index (χ2n) is 5.91. The molecule has 0 fully saturated rings. The van der Waals surface area contributed by atoms with E-state index in [0.717, 1.165) is 17.8 Å². The molecule has 2 heterocycles. The number of benzene rings is 1. The van der Waals surface area contributed by atoms with E-state index in [9.17, 15) is 23.1 Å². The smallest absolute Gasteiger partial charge is 0.387 e. The molecule has 3 aromatic rings. The number of amides is 1. The molecular formula is C18H16F3N3O2. The molecule has 3 rings (SSSR count). The van der Waals surface area contributed by atoms with Crippen molar-refractivity contribution < 1.29 is 23.1 Å². The summed E-state index contributed by atoms with van der Waals surface area (Å²) in [6, 6.07) is 7.68. The Morgan fingerprint density at radius 1 is 1.27 bits per heavy atom. The van der Waals surface area contributed by atoms with Gasteiger partial charge in [0.15, 0.2) is 0 Å². The first-order valence-electron chi connectivity index (χ1n) is 7.83. The Bertz CT molecular complexity index is 950.